The molecule has 0 saturated heterocycles. The normalized spacial score (nSPS) is 11.1. The van der Waals surface area contributed by atoms with Gasteiger partial charge in [-0.3, -0.25) is 15.0 Å². The number of carbonyl (C=O) groups excluding carboxylic acids is 1. The second-order valence-corrected chi connectivity index (χ2v) is 6.90. The van der Waals surface area contributed by atoms with Gasteiger partial charge in [0, 0.05) is 0 Å². The third-order valence-corrected chi connectivity index (χ3v) is 4.97. The number of benzene rings is 3. The first-order chi connectivity index (χ1) is 14.7. The van der Waals surface area contributed by atoms with Crippen LogP contribution in [0, 0.1) is 0 Å². The van der Waals surface area contributed by atoms with E-state index in [1.165, 1.54) is 12.5 Å². The number of rotatable bonds is 4. The molecular formula is C23H17N5O2. The van der Waals surface area contributed by atoms with Crippen LogP contribution in [0.4, 0.5) is 0 Å². The molecule has 30 heavy (non-hydrogen) atoms. The number of nitrogens with one attached hydrogen (secondary N) is 1. The van der Waals surface area contributed by atoms with Crippen molar-refractivity contribution in [1.82, 2.24) is 19.4 Å². The zero-order chi connectivity index (χ0) is 20.5. The van der Waals surface area contributed by atoms with Crippen molar-refractivity contribution in [2.75, 3.05) is 5.43 Å². The Balaban J connectivity index is 1.43. The predicted octanol–water partition coefficient (Wildman–Crippen LogP) is 3.05. The van der Waals surface area contributed by atoms with Crippen LogP contribution in [0.3, 0.4) is 0 Å². The second-order valence-electron chi connectivity index (χ2n) is 6.90. The van der Waals surface area contributed by atoms with Gasteiger partial charge in [-0.15, -0.1) is 0 Å². The maximum Gasteiger partial charge on any atom is 0.283 e. The molecule has 0 saturated carbocycles. The summed E-state index contributed by atoms with van der Waals surface area (Å²) in [6, 6.07) is 23.2. The second kappa shape index (κ2) is 7.29. The van der Waals surface area contributed by atoms with Gasteiger partial charge in [-0.25, -0.2) is 14.3 Å². The van der Waals surface area contributed by atoms with Crippen LogP contribution in [0.15, 0.2) is 90.1 Å². The molecule has 0 unspecified atom stereocenters. The summed E-state index contributed by atoms with van der Waals surface area (Å²) in [5.74, 6) is -0.301. The average molecular weight is 395 g/mol. The van der Waals surface area contributed by atoms with Gasteiger partial charge in [-0.2, -0.15) is 5.10 Å². The molecule has 5 rings (SSSR count). The minimum absolute atomic E-state index is 0.148. The van der Waals surface area contributed by atoms with Crippen LogP contribution in [0.1, 0.15) is 5.56 Å². The van der Waals surface area contributed by atoms with Gasteiger partial charge in [-0.1, -0.05) is 60.7 Å². The largest absolute Gasteiger partial charge is 0.283 e. The molecule has 0 aliphatic heterocycles. The molecule has 0 fully saturated rings. The summed E-state index contributed by atoms with van der Waals surface area (Å²) in [4.78, 5) is 29.8. The SMILES string of the molecule is O=C(Cc1cccc2ccccc12)Nn1cnc2c(cnn2-c2ccccc2)c1=O. The highest BCUT2D eigenvalue weighted by atomic mass is 16.2. The van der Waals surface area contributed by atoms with Crippen LogP contribution >= 0.6 is 0 Å². The van der Waals surface area contributed by atoms with Crippen molar-refractivity contribution >= 4 is 27.7 Å². The van der Waals surface area contributed by atoms with E-state index in [4.69, 9.17) is 0 Å². The smallest absolute Gasteiger partial charge is 0.273 e. The number of carbonyl (C=O) groups is 1. The molecule has 7 nitrogen and oxygen atoms in total. The highest BCUT2D eigenvalue weighted by molar-refractivity contribution is 5.92. The first-order valence-corrected chi connectivity index (χ1v) is 9.48. The maximum absolute atomic E-state index is 12.8. The molecule has 2 aromatic heterocycles. The Hall–Kier alpha value is -4.26. The topological polar surface area (TPSA) is 81.8 Å². The number of hydrogen-bond donors (Lipinski definition) is 1. The first kappa shape index (κ1) is 17.8. The van der Waals surface area contributed by atoms with Crippen LogP contribution in [-0.2, 0) is 11.2 Å². The average Bonchev–Trinajstić information content (AvgIpc) is 3.21. The third kappa shape index (κ3) is 3.12. The van der Waals surface area contributed by atoms with E-state index in [0.29, 0.717) is 11.0 Å². The van der Waals surface area contributed by atoms with E-state index in [1.54, 1.807) is 4.68 Å². The molecule has 0 bridgehead atoms. The standard InChI is InChI=1S/C23H17N5O2/c29-21(13-17-9-6-8-16-7-4-5-12-19(16)17)26-27-15-24-22-20(23(27)30)14-25-28(22)18-10-2-1-3-11-18/h1-12,14-15H,13H2,(H,26,29). The Labute approximate surface area is 171 Å². The lowest BCUT2D eigenvalue weighted by Gasteiger charge is -2.10. The highest BCUT2D eigenvalue weighted by Crippen LogP contribution is 2.19. The number of hydrogen-bond acceptors (Lipinski definition) is 4. The Kier molecular flexibility index (Phi) is 4.33. The zero-order valence-corrected chi connectivity index (χ0v) is 15.9. The number of aromatic nitrogens is 4. The fourth-order valence-electron chi connectivity index (χ4n) is 3.54. The van der Waals surface area contributed by atoms with Crippen LogP contribution in [0.2, 0.25) is 0 Å². The Bertz CT molecular complexity index is 1430. The molecule has 0 aliphatic carbocycles. The van der Waals surface area contributed by atoms with Crippen molar-refractivity contribution in [1.29, 1.82) is 0 Å². The van der Waals surface area contributed by atoms with Gasteiger partial charge < -0.3 is 0 Å². The van der Waals surface area contributed by atoms with Gasteiger partial charge in [0.05, 0.1) is 18.3 Å². The van der Waals surface area contributed by atoms with E-state index < -0.39 is 0 Å². The third-order valence-electron chi connectivity index (χ3n) is 4.97. The maximum atomic E-state index is 12.8. The monoisotopic (exact) mass is 395 g/mol. The summed E-state index contributed by atoms with van der Waals surface area (Å²) >= 11 is 0. The summed E-state index contributed by atoms with van der Waals surface area (Å²) in [7, 11) is 0. The Morgan fingerprint density at radius 1 is 0.900 bits per heavy atom. The molecule has 7 heteroatoms. The predicted molar refractivity (Wildman–Crippen MR) is 115 cm³/mol. The molecule has 1 N–H and O–H groups in total. The fourth-order valence-corrected chi connectivity index (χ4v) is 3.54. The number of fused-ring (bicyclic) bond motifs is 2. The Morgan fingerprint density at radius 3 is 2.53 bits per heavy atom. The van der Waals surface area contributed by atoms with Crippen LogP contribution < -0.4 is 11.0 Å². The quantitative estimate of drug-likeness (QED) is 0.507. The lowest BCUT2D eigenvalue weighted by atomic mass is 10.0. The summed E-state index contributed by atoms with van der Waals surface area (Å²) in [6.45, 7) is 0. The number of amides is 1. The van der Waals surface area contributed by atoms with E-state index >= 15 is 0 Å². The molecule has 0 aliphatic rings. The molecule has 0 spiro atoms. The van der Waals surface area contributed by atoms with Gasteiger partial charge in [-0.05, 0) is 28.5 Å². The van der Waals surface area contributed by atoms with Gasteiger partial charge >= 0.3 is 0 Å². The van der Waals surface area contributed by atoms with Gasteiger partial charge in [0.25, 0.3) is 5.56 Å². The van der Waals surface area contributed by atoms with E-state index in [2.05, 4.69) is 15.5 Å². The van der Waals surface area contributed by atoms with Crippen molar-refractivity contribution in [2.24, 2.45) is 0 Å². The Morgan fingerprint density at radius 2 is 1.67 bits per heavy atom. The van der Waals surface area contributed by atoms with Crippen molar-refractivity contribution in [2.45, 2.75) is 6.42 Å². The lowest BCUT2D eigenvalue weighted by molar-refractivity contribution is -0.116. The van der Waals surface area contributed by atoms with E-state index in [0.717, 1.165) is 26.7 Å². The summed E-state index contributed by atoms with van der Waals surface area (Å²) in [6.07, 6.45) is 2.92. The molecule has 5 aromatic rings. The number of para-hydroxylation sites is 1. The lowest BCUT2D eigenvalue weighted by Crippen LogP contribution is -2.34. The van der Waals surface area contributed by atoms with Crippen LogP contribution in [-0.4, -0.2) is 25.3 Å². The summed E-state index contributed by atoms with van der Waals surface area (Å²) in [5, 5.41) is 6.68. The molecule has 0 atom stereocenters. The van der Waals surface area contributed by atoms with Gasteiger partial charge in [0.15, 0.2) is 5.65 Å². The van der Waals surface area contributed by atoms with Gasteiger partial charge in [0.2, 0.25) is 5.91 Å². The summed E-state index contributed by atoms with van der Waals surface area (Å²) in [5.41, 5.74) is 4.38. The molecule has 1 amide bonds. The fraction of sp³-hybridized carbons (Fsp3) is 0.0435. The minimum atomic E-state index is -0.381. The molecule has 146 valence electrons. The summed E-state index contributed by atoms with van der Waals surface area (Å²) < 4.78 is 2.70. The number of nitrogens with zero attached hydrogens (tertiary/aromatic N) is 4. The van der Waals surface area contributed by atoms with Crippen LogP contribution in [0.5, 0.6) is 0 Å². The minimum Gasteiger partial charge on any atom is -0.273 e. The van der Waals surface area contributed by atoms with E-state index in [-0.39, 0.29) is 17.9 Å². The van der Waals surface area contributed by atoms with E-state index in [1.807, 2.05) is 72.8 Å². The van der Waals surface area contributed by atoms with Crippen molar-refractivity contribution in [3.8, 4) is 5.69 Å². The zero-order valence-electron chi connectivity index (χ0n) is 15.9. The van der Waals surface area contributed by atoms with Crippen molar-refractivity contribution < 1.29 is 4.79 Å². The molecule has 2 heterocycles. The molecule has 0 radical (unpaired) electrons. The van der Waals surface area contributed by atoms with Crippen LogP contribution in [0.25, 0.3) is 27.5 Å². The highest BCUT2D eigenvalue weighted by Gasteiger charge is 2.13. The first-order valence-electron chi connectivity index (χ1n) is 9.48. The molecular weight excluding hydrogens is 378 g/mol. The van der Waals surface area contributed by atoms with Crippen molar-refractivity contribution in [3.05, 3.63) is 101 Å². The van der Waals surface area contributed by atoms with Gasteiger partial charge in [0.1, 0.15) is 11.7 Å². The van der Waals surface area contributed by atoms with E-state index in [9.17, 15) is 9.59 Å². The molecule has 3 aromatic carbocycles. The van der Waals surface area contributed by atoms with Crippen molar-refractivity contribution in [3.63, 3.8) is 0 Å².